The highest BCUT2D eigenvalue weighted by molar-refractivity contribution is 5.90. The first kappa shape index (κ1) is 15.6. The third kappa shape index (κ3) is 2.93. The summed E-state index contributed by atoms with van der Waals surface area (Å²) in [5.74, 6) is 2.04. The molecule has 0 unspecified atom stereocenters. The van der Waals surface area contributed by atoms with Crippen molar-refractivity contribution in [1.82, 2.24) is 29.6 Å². The van der Waals surface area contributed by atoms with Crippen molar-refractivity contribution in [2.75, 3.05) is 0 Å². The number of rotatable bonds is 4. The van der Waals surface area contributed by atoms with Gasteiger partial charge in [-0.2, -0.15) is 0 Å². The Labute approximate surface area is 145 Å². The van der Waals surface area contributed by atoms with Gasteiger partial charge in [-0.3, -0.25) is 4.79 Å². The van der Waals surface area contributed by atoms with E-state index in [9.17, 15) is 4.79 Å². The predicted molar refractivity (Wildman–Crippen MR) is 92.4 cm³/mol. The lowest BCUT2D eigenvalue weighted by Gasteiger charge is -2.15. The number of hydrogen-bond acceptors (Lipinski definition) is 4. The zero-order chi connectivity index (χ0) is 17.2. The summed E-state index contributed by atoms with van der Waals surface area (Å²) >= 11 is 0. The van der Waals surface area contributed by atoms with Crippen LogP contribution >= 0.6 is 0 Å². The Morgan fingerprint density at radius 3 is 2.96 bits per heavy atom. The van der Waals surface area contributed by atoms with Crippen molar-refractivity contribution in [2.45, 2.75) is 39.3 Å². The van der Waals surface area contributed by atoms with E-state index in [2.05, 4.69) is 20.5 Å². The van der Waals surface area contributed by atoms with E-state index in [4.69, 9.17) is 0 Å². The van der Waals surface area contributed by atoms with Gasteiger partial charge < -0.3 is 14.5 Å². The molecule has 25 heavy (non-hydrogen) atoms. The summed E-state index contributed by atoms with van der Waals surface area (Å²) in [6, 6.07) is 7.98. The molecule has 3 aromatic rings. The lowest BCUT2D eigenvalue weighted by Crippen LogP contribution is -2.28. The summed E-state index contributed by atoms with van der Waals surface area (Å²) in [4.78, 5) is 16.8. The Morgan fingerprint density at radius 1 is 1.24 bits per heavy atom. The molecule has 1 aliphatic rings. The van der Waals surface area contributed by atoms with Gasteiger partial charge in [-0.25, -0.2) is 4.98 Å². The first-order valence-corrected chi connectivity index (χ1v) is 8.52. The second kappa shape index (κ2) is 6.51. The third-order valence-corrected chi connectivity index (χ3v) is 4.58. The molecule has 0 bridgehead atoms. The quantitative estimate of drug-likeness (QED) is 0.791. The van der Waals surface area contributed by atoms with Crippen molar-refractivity contribution >= 4 is 5.91 Å². The van der Waals surface area contributed by atoms with Crippen LogP contribution in [0.4, 0.5) is 0 Å². The molecule has 3 heterocycles. The van der Waals surface area contributed by atoms with Crippen LogP contribution in [0.2, 0.25) is 0 Å². The number of aromatic nitrogens is 5. The van der Waals surface area contributed by atoms with Crippen molar-refractivity contribution < 1.29 is 4.79 Å². The Hall–Kier alpha value is -2.96. The summed E-state index contributed by atoms with van der Waals surface area (Å²) in [7, 11) is 0. The molecule has 1 aliphatic heterocycles. The zero-order valence-corrected chi connectivity index (χ0v) is 14.1. The first-order valence-electron chi connectivity index (χ1n) is 8.52. The molecule has 128 valence electrons. The lowest BCUT2D eigenvalue weighted by atomic mass is 10.1. The number of fused-ring (bicyclic) bond motifs is 1. The van der Waals surface area contributed by atoms with Crippen LogP contribution in [-0.2, 0) is 19.5 Å². The summed E-state index contributed by atoms with van der Waals surface area (Å²) in [6.45, 7) is 3.20. The maximum Gasteiger partial charge on any atom is 0.289 e. The molecule has 0 aliphatic carbocycles. The average molecular weight is 336 g/mol. The minimum absolute atomic E-state index is 0.183. The van der Waals surface area contributed by atoms with E-state index in [1.54, 1.807) is 6.20 Å². The predicted octanol–water partition coefficient (Wildman–Crippen LogP) is 2.04. The molecule has 1 aromatic carbocycles. The molecule has 7 nitrogen and oxygen atoms in total. The number of benzene rings is 1. The monoisotopic (exact) mass is 336 g/mol. The lowest BCUT2D eigenvalue weighted by molar-refractivity contribution is 0.0934. The summed E-state index contributed by atoms with van der Waals surface area (Å²) < 4.78 is 3.95. The Morgan fingerprint density at radius 2 is 2.12 bits per heavy atom. The summed E-state index contributed by atoms with van der Waals surface area (Å²) in [5, 5.41) is 11.2. The van der Waals surface area contributed by atoms with Gasteiger partial charge in [-0.15, -0.1) is 10.2 Å². The molecular formula is C18H20N6O. The van der Waals surface area contributed by atoms with Crippen LogP contribution in [0.25, 0.3) is 5.69 Å². The number of hydrogen-bond donors (Lipinski definition) is 1. The number of carbonyl (C=O) groups is 1. The molecule has 2 aromatic heterocycles. The molecule has 0 saturated carbocycles. The van der Waals surface area contributed by atoms with Crippen LogP contribution in [0.1, 0.15) is 40.7 Å². The molecule has 0 radical (unpaired) electrons. The maximum atomic E-state index is 12.6. The van der Waals surface area contributed by atoms with E-state index >= 15 is 0 Å². The molecule has 7 heteroatoms. The number of amides is 1. The smallest absolute Gasteiger partial charge is 0.289 e. The van der Waals surface area contributed by atoms with Gasteiger partial charge in [0.05, 0.1) is 5.69 Å². The van der Waals surface area contributed by atoms with Gasteiger partial charge in [-0.05, 0) is 31.4 Å². The van der Waals surface area contributed by atoms with Crippen LogP contribution in [-0.4, -0.2) is 30.2 Å². The van der Waals surface area contributed by atoms with E-state index in [1.165, 1.54) is 0 Å². The molecule has 1 N–H and O–H groups in total. The second-order valence-electron chi connectivity index (χ2n) is 6.20. The van der Waals surface area contributed by atoms with Crippen LogP contribution in [0.5, 0.6) is 0 Å². The van der Waals surface area contributed by atoms with Gasteiger partial charge in [0.15, 0.2) is 0 Å². The Balaban J connectivity index is 1.53. The van der Waals surface area contributed by atoms with E-state index in [1.807, 2.05) is 46.5 Å². The molecule has 4 rings (SSSR count). The van der Waals surface area contributed by atoms with Crippen LogP contribution in [0.15, 0.2) is 36.7 Å². The third-order valence-electron chi connectivity index (χ3n) is 4.58. The summed E-state index contributed by atoms with van der Waals surface area (Å²) in [5.41, 5.74) is 2.04. The fourth-order valence-corrected chi connectivity index (χ4v) is 3.26. The fraction of sp³-hybridized carbons (Fsp3) is 0.333. The highest BCUT2D eigenvalue weighted by Crippen LogP contribution is 2.17. The Bertz CT molecular complexity index is 910. The number of nitrogens with one attached hydrogen (secondary N) is 1. The van der Waals surface area contributed by atoms with Crippen molar-refractivity contribution in [1.29, 1.82) is 0 Å². The van der Waals surface area contributed by atoms with E-state index < -0.39 is 0 Å². The first-order chi connectivity index (χ1) is 12.2. The van der Waals surface area contributed by atoms with Gasteiger partial charge in [-0.1, -0.05) is 18.2 Å². The minimum atomic E-state index is -0.183. The highest BCUT2D eigenvalue weighted by Gasteiger charge is 2.21. The fourth-order valence-electron chi connectivity index (χ4n) is 3.26. The van der Waals surface area contributed by atoms with Crippen molar-refractivity contribution in [2.24, 2.45) is 0 Å². The summed E-state index contributed by atoms with van der Waals surface area (Å²) in [6.07, 6.45) is 6.76. The van der Waals surface area contributed by atoms with Gasteiger partial charge in [0, 0.05) is 31.9 Å². The van der Waals surface area contributed by atoms with Crippen molar-refractivity contribution in [3.05, 3.63) is 59.7 Å². The van der Waals surface area contributed by atoms with Crippen molar-refractivity contribution in [3.63, 3.8) is 0 Å². The number of carbonyl (C=O) groups excluding carboxylic acids is 1. The molecule has 1 amide bonds. The molecule has 0 saturated heterocycles. The largest absolute Gasteiger partial charge is 0.345 e. The normalized spacial score (nSPS) is 13.5. The molecule has 0 spiro atoms. The number of nitrogens with zero attached hydrogens (tertiary/aromatic N) is 5. The standard InChI is InChI=1S/C18H20N6O/c1-13-19-9-11-23(13)15-7-3-2-6-14(15)12-20-18(25)17-22-21-16-8-4-5-10-24(16)17/h2-3,6-7,9,11H,4-5,8,10,12H2,1H3,(H,20,25). The molecule has 0 fully saturated rings. The molecule has 0 atom stereocenters. The molecular weight excluding hydrogens is 316 g/mol. The van der Waals surface area contributed by atoms with Gasteiger partial charge in [0.1, 0.15) is 11.6 Å². The SMILES string of the molecule is Cc1nccn1-c1ccccc1CNC(=O)c1nnc2n1CCCC2. The van der Waals surface area contributed by atoms with E-state index in [0.717, 1.165) is 48.7 Å². The van der Waals surface area contributed by atoms with Crippen molar-refractivity contribution in [3.8, 4) is 5.69 Å². The number of aryl methyl sites for hydroxylation is 2. The van der Waals surface area contributed by atoms with Gasteiger partial charge in [0.2, 0.25) is 5.82 Å². The average Bonchev–Trinajstić information content (AvgIpc) is 3.26. The van der Waals surface area contributed by atoms with E-state index in [-0.39, 0.29) is 5.91 Å². The van der Waals surface area contributed by atoms with Crippen LogP contribution in [0.3, 0.4) is 0 Å². The number of para-hydroxylation sites is 1. The maximum absolute atomic E-state index is 12.6. The Kier molecular flexibility index (Phi) is 4.05. The minimum Gasteiger partial charge on any atom is -0.345 e. The van der Waals surface area contributed by atoms with Crippen LogP contribution in [0, 0.1) is 6.92 Å². The van der Waals surface area contributed by atoms with Gasteiger partial charge >= 0.3 is 0 Å². The second-order valence-corrected chi connectivity index (χ2v) is 6.20. The topological polar surface area (TPSA) is 77.6 Å². The highest BCUT2D eigenvalue weighted by atomic mass is 16.2. The zero-order valence-electron chi connectivity index (χ0n) is 14.1. The number of imidazole rings is 1. The van der Waals surface area contributed by atoms with E-state index in [0.29, 0.717) is 12.4 Å². The van der Waals surface area contributed by atoms with Gasteiger partial charge in [0.25, 0.3) is 5.91 Å². The van der Waals surface area contributed by atoms with Crippen LogP contribution < -0.4 is 5.32 Å².